The molecule has 1 aliphatic carbocycles. The van der Waals surface area contributed by atoms with Gasteiger partial charge in [0.15, 0.2) is 0 Å². The van der Waals surface area contributed by atoms with Crippen molar-refractivity contribution >= 4 is 5.91 Å². The van der Waals surface area contributed by atoms with E-state index >= 15 is 0 Å². The molecule has 1 atom stereocenters. The zero-order valence-corrected chi connectivity index (χ0v) is 13.0. The summed E-state index contributed by atoms with van der Waals surface area (Å²) >= 11 is 0. The highest BCUT2D eigenvalue weighted by molar-refractivity contribution is 5.76. The summed E-state index contributed by atoms with van der Waals surface area (Å²) in [7, 11) is 0. The SMILES string of the molecule is Cc1ccc(CN(C(=O)CCC2CCNC2)C2CC2)cc1. The van der Waals surface area contributed by atoms with E-state index in [2.05, 4.69) is 41.4 Å². The van der Waals surface area contributed by atoms with Crippen LogP contribution in [0.1, 0.15) is 43.2 Å². The van der Waals surface area contributed by atoms with Crippen molar-refractivity contribution in [2.75, 3.05) is 13.1 Å². The summed E-state index contributed by atoms with van der Waals surface area (Å²) in [5.74, 6) is 1.05. The second-order valence-electron chi connectivity index (χ2n) is 6.64. The van der Waals surface area contributed by atoms with E-state index in [0.29, 0.717) is 24.3 Å². The van der Waals surface area contributed by atoms with E-state index in [9.17, 15) is 4.79 Å². The maximum Gasteiger partial charge on any atom is 0.223 e. The second-order valence-corrected chi connectivity index (χ2v) is 6.64. The summed E-state index contributed by atoms with van der Waals surface area (Å²) in [6.07, 6.45) is 5.36. The van der Waals surface area contributed by atoms with E-state index in [-0.39, 0.29) is 0 Å². The molecule has 21 heavy (non-hydrogen) atoms. The van der Waals surface area contributed by atoms with Crippen molar-refractivity contribution in [3.05, 3.63) is 35.4 Å². The number of nitrogens with zero attached hydrogens (tertiary/aromatic N) is 1. The third-order valence-corrected chi connectivity index (χ3v) is 4.71. The van der Waals surface area contributed by atoms with Gasteiger partial charge in [0.2, 0.25) is 5.91 Å². The zero-order valence-electron chi connectivity index (χ0n) is 13.0. The van der Waals surface area contributed by atoms with Crippen molar-refractivity contribution in [3.63, 3.8) is 0 Å². The second kappa shape index (κ2) is 6.61. The normalized spacial score (nSPS) is 21.5. The molecule has 0 spiro atoms. The minimum Gasteiger partial charge on any atom is -0.335 e. The molecule has 3 nitrogen and oxygen atoms in total. The first kappa shape index (κ1) is 14.6. The van der Waals surface area contributed by atoms with Gasteiger partial charge in [-0.05, 0) is 57.2 Å². The average Bonchev–Trinajstić information content (AvgIpc) is 3.19. The Bertz CT molecular complexity index is 472. The Balaban J connectivity index is 1.55. The molecule has 1 heterocycles. The van der Waals surface area contributed by atoms with Gasteiger partial charge in [-0.1, -0.05) is 29.8 Å². The lowest BCUT2D eigenvalue weighted by molar-refractivity contribution is -0.132. The van der Waals surface area contributed by atoms with Crippen LogP contribution >= 0.6 is 0 Å². The molecule has 1 aromatic rings. The summed E-state index contributed by atoms with van der Waals surface area (Å²) in [6.45, 7) is 5.10. The highest BCUT2D eigenvalue weighted by atomic mass is 16.2. The third kappa shape index (κ3) is 4.07. The van der Waals surface area contributed by atoms with Gasteiger partial charge in [-0.15, -0.1) is 0 Å². The van der Waals surface area contributed by atoms with Crippen LogP contribution in [0.2, 0.25) is 0 Å². The first-order valence-corrected chi connectivity index (χ1v) is 8.28. The Morgan fingerprint density at radius 3 is 2.62 bits per heavy atom. The van der Waals surface area contributed by atoms with Crippen LogP contribution in [-0.2, 0) is 11.3 Å². The standard InChI is InChI=1S/C18H26N2O/c1-14-2-4-16(5-3-14)13-20(17-7-8-17)18(21)9-6-15-10-11-19-12-15/h2-5,15,17,19H,6-13H2,1H3. The molecule has 0 aromatic heterocycles. The molecular formula is C18H26N2O. The van der Waals surface area contributed by atoms with Gasteiger partial charge in [0.05, 0.1) is 0 Å². The van der Waals surface area contributed by atoms with Crippen LogP contribution in [0, 0.1) is 12.8 Å². The number of rotatable bonds is 6. The number of hydrogen-bond acceptors (Lipinski definition) is 2. The lowest BCUT2D eigenvalue weighted by Gasteiger charge is -2.23. The maximum atomic E-state index is 12.6. The van der Waals surface area contributed by atoms with Crippen molar-refractivity contribution in [2.45, 2.75) is 51.6 Å². The van der Waals surface area contributed by atoms with E-state index < -0.39 is 0 Å². The first-order valence-electron chi connectivity index (χ1n) is 8.28. The number of carbonyl (C=O) groups is 1. The number of benzene rings is 1. The van der Waals surface area contributed by atoms with Crippen molar-refractivity contribution < 1.29 is 4.79 Å². The number of aryl methyl sites for hydroxylation is 1. The topological polar surface area (TPSA) is 32.3 Å². The first-order chi connectivity index (χ1) is 10.2. The van der Waals surface area contributed by atoms with Crippen LogP contribution in [-0.4, -0.2) is 29.9 Å². The predicted molar refractivity (Wildman–Crippen MR) is 85.0 cm³/mol. The van der Waals surface area contributed by atoms with Gasteiger partial charge in [-0.25, -0.2) is 0 Å². The third-order valence-electron chi connectivity index (χ3n) is 4.71. The van der Waals surface area contributed by atoms with Crippen molar-refractivity contribution in [3.8, 4) is 0 Å². The van der Waals surface area contributed by atoms with Crippen molar-refractivity contribution in [1.29, 1.82) is 0 Å². The van der Waals surface area contributed by atoms with Crippen LogP contribution in [0.15, 0.2) is 24.3 Å². The van der Waals surface area contributed by atoms with E-state index in [1.165, 1.54) is 30.4 Å². The fraction of sp³-hybridized carbons (Fsp3) is 0.611. The Hall–Kier alpha value is -1.35. The van der Waals surface area contributed by atoms with Crippen LogP contribution in [0.25, 0.3) is 0 Å². The molecule has 1 saturated heterocycles. The lowest BCUT2D eigenvalue weighted by atomic mass is 10.0. The number of amides is 1. The molecule has 1 aliphatic heterocycles. The minimum absolute atomic E-state index is 0.352. The molecule has 1 amide bonds. The average molecular weight is 286 g/mol. The van der Waals surface area contributed by atoms with Gasteiger partial charge in [0.1, 0.15) is 0 Å². The summed E-state index contributed by atoms with van der Waals surface area (Å²) in [5.41, 5.74) is 2.53. The van der Waals surface area contributed by atoms with Gasteiger partial charge >= 0.3 is 0 Å². The molecule has 1 unspecified atom stereocenters. The van der Waals surface area contributed by atoms with Crippen LogP contribution in [0.5, 0.6) is 0 Å². The lowest BCUT2D eigenvalue weighted by Crippen LogP contribution is -2.32. The Morgan fingerprint density at radius 1 is 1.24 bits per heavy atom. The van der Waals surface area contributed by atoms with Gasteiger partial charge in [-0.2, -0.15) is 0 Å². The summed E-state index contributed by atoms with van der Waals surface area (Å²) in [4.78, 5) is 14.7. The molecule has 114 valence electrons. The molecule has 1 saturated carbocycles. The molecule has 1 N–H and O–H groups in total. The van der Waals surface area contributed by atoms with Gasteiger partial charge < -0.3 is 10.2 Å². The number of carbonyl (C=O) groups excluding carboxylic acids is 1. The molecule has 0 radical (unpaired) electrons. The smallest absolute Gasteiger partial charge is 0.223 e. The summed E-state index contributed by atoms with van der Waals surface area (Å²) in [6, 6.07) is 9.07. The Kier molecular flexibility index (Phi) is 4.59. The quantitative estimate of drug-likeness (QED) is 0.872. The van der Waals surface area contributed by atoms with Crippen LogP contribution in [0.4, 0.5) is 0 Å². The molecule has 0 bridgehead atoms. The molecule has 2 fully saturated rings. The van der Waals surface area contributed by atoms with Crippen molar-refractivity contribution in [2.24, 2.45) is 5.92 Å². The summed E-state index contributed by atoms with van der Waals surface area (Å²) in [5, 5.41) is 3.38. The maximum absolute atomic E-state index is 12.6. The van der Waals surface area contributed by atoms with E-state index in [1.54, 1.807) is 0 Å². The summed E-state index contributed by atoms with van der Waals surface area (Å²) < 4.78 is 0. The largest absolute Gasteiger partial charge is 0.335 e. The monoisotopic (exact) mass is 286 g/mol. The highest BCUT2D eigenvalue weighted by Crippen LogP contribution is 2.29. The highest BCUT2D eigenvalue weighted by Gasteiger charge is 2.32. The minimum atomic E-state index is 0.352. The number of nitrogens with one attached hydrogen (secondary N) is 1. The van der Waals surface area contributed by atoms with E-state index in [1.807, 2.05) is 0 Å². The van der Waals surface area contributed by atoms with Gasteiger partial charge in [-0.3, -0.25) is 4.79 Å². The molecule has 2 aliphatic rings. The van der Waals surface area contributed by atoms with Crippen LogP contribution < -0.4 is 5.32 Å². The Labute approximate surface area is 127 Å². The fourth-order valence-electron chi connectivity index (χ4n) is 3.13. The predicted octanol–water partition coefficient (Wildman–Crippen LogP) is 2.88. The van der Waals surface area contributed by atoms with Crippen molar-refractivity contribution in [1.82, 2.24) is 10.2 Å². The Morgan fingerprint density at radius 2 is 2.00 bits per heavy atom. The molecule has 3 heteroatoms. The number of hydrogen-bond donors (Lipinski definition) is 1. The molecular weight excluding hydrogens is 260 g/mol. The molecule has 1 aromatic carbocycles. The molecule has 3 rings (SSSR count). The zero-order chi connectivity index (χ0) is 14.7. The van der Waals surface area contributed by atoms with Gasteiger partial charge in [0.25, 0.3) is 0 Å². The van der Waals surface area contributed by atoms with Gasteiger partial charge in [0, 0.05) is 19.0 Å². The van der Waals surface area contributed by atoms with E-state index in [4.69, 9.17) is 0 Å². The van der Waals surface area contributed by atoms with Crippen LogP contribution in [0.3, 0.4) is 0 Å². The van der Waals surface area contributed by atoms with E-state index in [0.717, 1.165) is 26.1 Å². The fourth-order valence-corrected chi connectivity index (χ4v) is 3.13.